The molecule has 0 fully saturated rings. The minimum atomic E-state index is -4.20. The predicted molar refractivity (Wildman–Crippen MR) is 107 cm³/mol. The van der Waals surface area contributed by atoms with Gasteiger partial charge in [0.2, 0.25) is 0 Å². The van der Waals surface area contributed by atoms with Gasteiger partial charge in [-0.15, -0.1) is 0 Å². The monoisotopic (exact) mass is 414 g/mol. The average Bonchev–Trinajstić information content (AvgIpc) is 3.06. The van der Waals surface area contributed by atoms with Crippen LogP contribution in [0.5, 0.6) is 0 Å². The topological polar surface area (TPSA) is 95.2 Å². The smallest absolute Gasteiger partial charge is 0.276 e. The Morgan fingerprint density at radius 1 is 1.14 bits per heavy atom. The molecule has 3 aromatic rings. The van der Waals surface area contributed by atoms with Crippen LogP contribution in [0.25, 0.3) is 0 Å². The highest BCUT2D eigenvalue weighted by atomic mass is 32.2. The number of nitrogens with zero attached hydrogens (tertiary/aromatic N) is 2. The summed E-state index contributed by atoms with van der Waals surface area (Å²) in [4.78, 5) is 14.1. The first-order valence-corrected chi connectivity index (χ1v) is 10.5. The minimum Gasteiger partial charge on any atom is -0.307 e. The SMILES string of the molecule is Cc1ccc(N2CCc3c(NS(=O)(=O)c4c(C)cccc4F)n[nH]c3C2=O)cc1. The van der Waals surface area contributed by atoms with Crippen molar-refractivity contribution in [2.45, 2.75) is 25.2 Å². The molecule has 0 saturated heterocycles. The fraction of sp³-hybridized carbons (Fsp3) is 0.200. The van der Waals surface area contributed by atoms with Gasteiger partial charge in [0.1, 0.15) is 16.4 Å². The minimum absolute atomic E-state index is 0.0135. The van der Waals surface area contributed by atoms with E-state index < -0.39 is 20.7 Å². The molecule has 0 atom stereocenters. The van der Waals surface area contributed by atoms with Gasteiger partial charge in [-0.1, -0.05) is 29.8 Å². The number of hydrogen-bond acceptors (Lipinski definition) is 4. The predicted octanol–water partition coefficient (Wildman–Crippen LogP) is 3.17. The number of rotatable bonds is 4. The van der Waals surface area contributed by atoms with Crippen LogP contribution in [-0.2, 0) is 16.4 Å². The van der Waals surface area contributed by atoms with E-state index in [0.717, 1.165) is 17.3 Å². The van der Waals surface area contributed by atoms with Crippen molar-refractivity contribution in [2.24, 2.45) is 0 Å². The van der Waals surface area contributed by atoms with Crippen LogP contribution in [0, 0.1) is 19.7 Å². The van der Waals surface area contributed by atoms with E-state index in [9.17, 15) is 17.6 Å². The number of amides is 1. The highest BCUT2D eigenvalue weighted by Gasteiger charge is 2.32. The Bertz CT molecular complexity index is 1180. The van der Waals surface area contributed by atoms with Gasteiger partial charge in [-0.2, -0.15) is 5.10 Å². The summed E-state index contributed by atoms with van der Waals surface area (Å²) in [6.45, 7) is 3.85. The molecule has 0 radical (unpaired) electrons. The molecule has 1 aromatic heterocycles. The zero-order chi connectivity index (χ0) is 20.8. The van der Waals surface area contributed by atoms with Gasteiger partial charge in [0, 0.05) is 17.8 Å². The molecule has 150 valence electrons. The fourth-order valence-electron chi connectivity index (χ4n) is 3.44. The highest BCUT2D eigenvalue weighted by molar-refractivity contribution is 7.92. The summed E-state index contributed by atoms with van der Waals surface area (Å²) in [6, 6.07) is 11.6. The number of halogens is 1. The number of carbonyl (C=O) groups excluding carboxylic acids is 1. The molecule has 0 unspecified atom stereocenters. The van der Waals surface area contributed by atoms with E-state index in [1.54, 1.807) is 4.90 Å². The Balaban J connectivity index is 1.65. The Morgan fingerprint density at radius 2 is 1.86 bits per heavy atom. The van der Waals surface area contributed by atoms with Crippen molar-refractivity contribution in [1.82, 2.24) is 10.2 Å². The van der Waals surface area contributed by atoms with Crippen LogP contribution < -0.4 is 9.62 Å². The second-order valence-corrected chi connectivity index (χ2v) is 8.58. The van der Waals surface area contributed by atoms with E-state index in [-0.39, 0.29) is 23.0 Å². The molecule has 7 nitrogen and oxygen atoms in total. The number of aromatic nitrogens is 2. The van der Waals surface area contributed by atoms with E-state index in [2.05, 4.69) is 14.9 Å². The second kappa shape index (κ2) is 7.00. The first kappa shape index (κ1) is 19.1. The molecular formula is C20H19FN4O3S. The zero-order valence-electron chi connectivity index (χ0n) is 15.9. The van der Waals surface area contributed by atoms with E-state index >= 15 is 0 Å². The summed E-state index contributed by atoms with van der Waals surface area (Å²) in [7, 11) is -4.20. The third-order valence-corrected chi connectivity index (χ3v) is 6.44. The lowest BCUT2D eigenvalue weighted by Crippen LogP contribution is -2.37. The number of hydrogen-bond donors (Lipinski definition) is 2. The van der Waals surface area contributed by atoms with Crippen molar-refractivity contribution in [3.8, 4) is 0 Å². The van der Waals surface area contributed by atoms with Crippen molar-refractivity contribution in [3.63, 3.8) is 0 Å². The maximum atomic E-state index is 14.1. The molecule has 4 rings (SSSR count). The third kappa shape index (κ3) is 3.38. The number of benzene rings is 2. The first-order chi connectivity index (χ1) is 13.8. The van der Waals surface area contributed by atoms with Crippen molar-refractivity contribution < 1.29 is 17.6 Å². The molecule has 2 aromatic carbocycles. The third-order valence-electron chi connectivity index (χ3n) is 4.92. The first-order valence-electron chi connectivity index (χ1n) is 9.01. The van der Waals surface area contributed by atoms with Crippen molar-refractivity contribution >= 4 is 27.4 Å². The Kier molecular flexibility index (Phi) is 4.62. The molecule has 0 aliphatic carbocycles. The van der Waals surface area contributed by atoms with E-state index in [4.69, 9.17) is 0 Å². The Morgan fingerprint density at radius 3 is 2.55 bits per heavy atom. The molecule has 1 aliphatic heterocycles. The largest absolute Gasteiger partial charge is 0.307 e. The zero-order valence-corrected chi connectivity index (χ0v) is 16.7. The Labute approximate surface area is 167 Å². The number of aryl methyl sites for hydroxylation is 2. The van der Waals surface area contributed by atoms with Crippen LogP contribution in [0.1, 0.15) is 27.2 Å². The molecule has 2 heterocycles. The molecule has 0 saturated carbocycles. The van der Waals surface area contributed by atoms with Gasteiger partial charge in [0.15, 0.2) is 5.82 Å². The fourth-order valence-corrected chi connectivity index (χ4v) is 4.78. The van der Waals surface area contributed by atoms with Gasteiger partial charge in [0.05, 0.1) is 0 Å². The number of H-pyrrole nitrogens is 1. The van der Waals surface area contributed by atoms with Crippen LogP contribution in [0.2, 0.25) is 0 Å². The lowest BCUT2D eigenvalue weighted by atomic mass is 10.1. The van der Waals surface area contributed by atoms with Gasteiger partial charge in [-0.05, 0) is 44.0 Å². The molecule has 9 heteroatoms. The maximum absolute atomic E-state index is 14.1. The van der Waals surface area contributed by atoms with E-state index in [1.165, 1.54) is 19.1 Å². The normalized spacial score (nSPS) is 14.0. The summed E-state index contributed by atoms with van der Waals surface area (Å²) >= 11 is 0. The van der Waals surface area contributed by atoms with Gasteiger partial charge < -0.3 is 4.90 Å². The molecule has 1 aliphatic rings. The van der Waals surface area contributed by atoms with Crippen LogP contribution in [0.3, 0.4) is 0 Å². The maximum Gasteiger partial charge on any atom is 0.276 e. The quantitative estimate of drug-likeness (QED) is 0.686. The number of sulfonamides is 1. The van der Waals surface area contributed by atoms with Gasteiger partial charge in [-0.3, -0.25) is 14.6 Å². The number of anilines is 2. The lowest BCUT2D eigenvalue weighted by Gasteiger charge is -2.26. The van der Waals surface area contributed by atoms with Crippen molar-refractivity contribution in [1.29, 1.82) is 0 Å². The molecule has 1 amide bonds. The molecule has 0 bridgehead atoms. The summed E-state index contributed by atoms with van der Waals surface area (Å²) in [5.41, 5.74) is 2.81. The Hall–Kier alpha value is -3.20. The number of fused-ring (bicyclic) bond motifs is 1. The highest BCUT2D eigenvalue weighted by Crippen LogP contribution is 2.29. The van der Waals surface area contributed by atoms with Crippen LogP contribution >= 0.6 is 0 Å². The molecule has 29 heavy (non-hydrogen) atoms. The lowest BCUT2D eigenvalue weighted by molar-refractivity contribution is 0.0976. The molecule has 2 N–H and O–H groups in total. The van der Waals surface area contributed by atoms with Crippen LogP contribution in [-0.4, -0.2) is 31.1 Å². The van der Waals surface area contributed by atoms with E-state index in [0.29, 0.717) is 18.5 Å². The second-order valence-electron chi connectivity index (χ2n) is 6.96. The summed E-state index contributed by atoms with van der Waals surface area (Å²) in [6.07, 6.45) is 0.402. The number of carbonyl (C=O) groups is 1. The summed E-state index contributed by atoms with van der Waals surface area (Å²) < 4.78 is 41.9. The van der Waals surface area contributed by atoms with Crippen molar-refractivity contribution in [3.05, 3.63) is 70.7 Å². The standard InChI is InChI=1S/C20H19FN4O3S/c1-12-6-8-14(9-7-12)25-11-10-15-17(20(25)26)22-23-19(15)24-29(27,28)18-13(2)4-3-5-16(18)21/h3-9H,10-11H2,1-2H3,(H2,22,23,24). The van der Waals surface area contributed by atoms with Gasteiger partial charge >= 0.3 is 0 Å². The summed E-state index contributed by atoms with van der Waals surface area (Å²) in [5.74, 6) is -1.13. The summed E-state index contributed by atoms with van der Waals surface area (Å²) in [5, 5.41) is 6.60. The van der Waals surface area contributed by atoms with Gasteiger partial charge in [-0.25, -0.2) is 12.8 Å². The van der Waals surface area contributed by atoms with Crippen LogP contribution in [0.4, 0.5) is 15.9 Å². The number of aromatic amines is 1. The molecule has 0 spiro atoms. The average molecular weight is 414 g/mol. The van der Waals surface area contributed by atoms with Crippen molar-refractivity contribution in [2.75, 3.05) is 16.2 Å². The van der Waals surface area contributed by atoms with E-state index in [1.807, 2.05) is 31.2 Å². The number of nitrogens with one attached hydrogen (secondary N) is 2. The van der Waals surface area contributed by atoms with Gasteiger partial charge in [0.25, 0.3) is 15.9 Å². The van der Waals surface area contributed by atoms with Crippen LogP contribution in [0.15, 0.2) is 47.4 Å². The molecular weight excluding hydrogens is 395 g/mol.